The van der Waals surface area contributed by atoms with Crippen LogP contribution in [0.3, 0.4) is 0 Å². The summed E-state index contributed by atoms with van der Waals surface area (Å²) >= 11 is 0. The predicted octanol–water partition coefficient (Wildman–Crippen LogP) is -2.37. The van der Waals surface area contributed by atoms with Crippen LogP contribution in [0.1, 0.15) is 12.8 Å². The first-order chi connectivity index (χ1) is 7.79. The van der Waals surface area contributed by atoms with Crippen LogP contribution in [0.25, 0.3) is 0 Å². The third kappa shape index (κ3) is 2.41. The summed E-state index contributed by atoms with van der Waals surface area (Å²) in [7, 11) is -4.69. The van der Waals surface area contributed by atoms with Gasteiger partial charge in [0.05, 0.1) is 12.1 Å². The van der Waals surface area contributed by atoms with E-state index in [9.17, 15) is 18.3 Å². The number of aliphatic hydroxyl groups is 1. The Morgan fingerprint density at radius 1 is 1.41 bits per heavy atom. The topological polar surface area (TPSA) is 133 Å². The number of carbonyl (C=O) groups excluding carboxylic acids is 1. The van der Waals surface area contributed by atoms with Crippen molar-refractivity contribution in [2.45, 2.75) is 31.3 Å². The second kappa shape index (κ2) is 4.15. The summed E-state index contributed by atoms with van der Waals surface area (Å²) in [5.41, 5.74) is 5.17. The molecule has 0 aromatic rings. The standard InChI is InChI=1S/C7H13N3O6S/c8-6(11)5-2-1-4-3-9(5)7(12)10(4)16-17(13,14)15/h4-5,7,12H,1-3H2,(H2,8,11)(H,13,14,15)/t4-,5+,7?/m1/s1. The fourth-order valence-corrected chi connectivity index (χ4v) is 2.71. The maximum absolute atomic E-state index is 11.1. The van der Waals surface area contributed by atoms with Crippen molar-refractivity contribution in [3.63, 3.8) is 0 Å². The van der Waals surface area contributed by atoms with Crippen molar-refractivity contribution in [2.75, 3.05) is 6.54 Å². The molecule has 9 nitrogen and oxygen atoms in total. The van der Waals surface area contributed by atoms with Crippen molar-refractivity contribution in [3.05, 3.63) is 0 Å². The van der Waals surface area contributed by atoms with Crippen LogP contribution >= 0.6 is 0 Å². The van der Waals surface area contributed by atoms with Crippen molar-refractivity contribution in [1.82, 2.24) is 9.96 Å². The molecule has 0 aliphatic carbocycles. The molecule has 98 valence electrons. The molecule has 10 heteroatoms. The van der Waals surface area contributed by atoms with Crippen molar-refractivity contribution in [1.29, 1.82) is 0 Å². The lowest BCUT2D eigenvalue weighted by atomic mass is 10.0. The zero-order valence-corrected chi connectivity index (χ0v) is 9.58. The molecule has 0 aromatic heterocycles. The minimum atomic E-state index is -4.69. The molecule has 2 aliphatic heterocycles. The number of fused-ring (bicyclic) bond motifs is 2. The van der Waals surface area contributed by atoms with Gasteiger partial charge in [-0.3, -0.25) is 14.2 Å². The van der Waals surface area contributed by atoms with E-state index in [-0.39, 0.29) is 6.54 Å². The van der Waals surface area contributed by atoms with E-state index >= 15 is 0 Å². The lowest BCUT2D eigenvalue weighted by Gasteiger charge is -2.29. The molecule has 2 unspecified atom stereocenters. The number of piperidine rings is 1. The minimum absolute atomic E-state index is 0.254. The monoisotopic (exact) mass is 267 g/mol. The molecule has 4 N–H and O–H groups in total. The van der Waals surface area contributed by atoms with Gasteiger partial charge in [-0.05, 0) is 12.8 Å². The van der Waals surface area contributed by atoms with Crippen LogP contribution in [0, 0.1) is 0 Å². The van der Waals surface area contributed by atoms with Gasteiger partial charge in [0.15, 0.2) is 6.35 Å². The second-order valence-corrected chi connectivity index (χ2v) is 5.06. The average molecular weight is 267 g/mol. The van der Waals surface area contributed by atoms with Crippen molar-refractivity contribution in [3.8, 4) is 0 Å². The van der Waals surface area contributed by atoms with Crippen LogP contribution in [0.2, 0.25) is 0 Å². The first-order valence-corrected chi connectivity index (χ1v) is 6.34. The molecule has 2 saturated heterocycles. The summed E-state index contributed by atoms with van der Waals surface area (Å²) in [6, 6.07) is -1.06. The number of aliphatic hydroxyl groups excluding tert-OH is 1. The molecule has 2 fully saturated rings. The van der Waals surface area contributed by atoms with Crippen LogP contribution in [-0.4, -0.2) is 58.9 Å². The maximum Gasteiger partial charge on any atom is 0.413 e. The quantitative estimate of drug-likeness (QED) is 0.483. The van der Waals surface area contributed by atoms with Crippen LogP contribution in [-0.2, 0) is 19.5 Å². The molecule has 4 atom stereocenters. The van der Waals surface area contributed by atoms with Gasteiger partial charge in [0.25, 0.3) is 0 Å². The lowest BCUT2D eigenvalue weighted by molar-refractivity contribution is -0.200. The smallest absolute Gasteiger partial charge is 0.368 e. The first kappa shape index (κ1) is 12.7. The lowest BCUT2D eigenvalue weighted by Crippen LogP contribution is -2.50. The minimum Gasteiger partial charge on any atom is -0.368 e. The molecule has 2 bridgehead atoms. The van der Waals surface area contributed by atoms with Gasteiger partial charge >= 0.3 is 10.4 Å². The highest BCUT2D eigenvalue weighted by Gasteiger charge is 2.49. The second-order valence-electron chi connectivity index (χ2n) is 4.05. The highest BCUT2D eigenvalue weighted by Crippen LogP contribution is 2.32. The zero-order chi connectivity index (χ0) is 12.8. The van der Waals surface area contributed by atoms with E-state index < -0.39 is 34.7 Å². The molecule has 2 heterocycles. The fraction of sp³-hybridized carbons (Fsp3) is 0.857. The summed E-state index contributed by atoms with van der Waals surface area (Å²) in [4.78, 5) is 12.5. The van der Waals surface area contributed by atoms with Crippen LogP contribution in [0.15, 0.2) is 0 Å². The fourth-order valence-electron chi connectivity index (χ4n) is 2.29. The Balaban J connectivity index is 2.17. The molecule has 1 amide bonds. The summed E-state index contributed by atoms with van der Waals surface area (Å²) in [5, 5.41) is 10.5. The first-order valence-electron chi connectivity index (χ1n) is 4.98. The SMILES string of the molecule is NC(=O)[C@@H]1CC[C@@H]2CN1C(O)N2OS(=O)(=O)O. The van der Waals surface area contributed by atoms with Crippen LogP contribution in [0.4, 0.5) is 0 Å². The van der Waals surface area contributed by atoms with Crippen LogP contribution in [0.5, 0.6) is 0 Å². The van der Waals surface area contributed by atoms with Gasteiger partial charge in [0.2, 0.25) is 5.91 Å². The molecule has 0 aromatic carbocycles. The number of nitrogens with zero attached hydrogens (tertiary/aromatic N) is 2. The van der Waals surface area contributed by atoms with Crippen molar-refractivity contribution >= 4 is 16.3 Å². The van der Waals surface area contributed by atoms with Crippen LogP contribution < -0.4 is 5.73 Å². The number of hydroxylamine groups is 2. The van der Waals surface area contributed by atoms with Gasteiger partial charge < -0.3 is 10.8 Å². The average Bonchev–Trinajstić information content (AvgIpc) is 2.42. The largest absolute Gasteiger partial charge is 0.413 e. The molecule has 0 radical (unpaired) electrons. The van der Waals surface area contributed by atoms with E-state index in [0.717, 1.165) is 5.06 Å². The van der Waals surface area contributed by atoms with E-state index in [1.807, 2.05) is 0 Å². The summed E-state index contributed by atoms with van der Waals surface area (Å²) in [6.07, 6.45) is -0.569. The molecule has 0 saturated carbocycles. The number of amides is 1. The molecule has 2 rings (SSSR count). The van der Waals surface area contributed by atoms with E-state index in [1.54, 1.807) is 0 Å². The highest BCUT2D eigenvalue weighted by atomic mass is 32.3. The van der Waals surface area contributed by atoms with Gasteiger partial charge in [0.1, 0.15) is 0 Å². The number of nitrogens with two attached hydrogens (primary N) is 1. The number of hydrogen-bond acceptors (Lipinski definition) is 7. The summed E-state index contributed by atoms with van der Waals surface area (Å²) in [5.74, 6) is -0.587. The van der Waals surface area contributed by atoms with Gasteiger partial charge in [0, 0.05) is 6.54 Å². The van der Waals surface area contributed by atoms with E-state index in [4.69, 9.17) is 10.3 Å². The summed E-state index contributed by atoms with van der Waals surface area (Å²) in [6.45, 7) is 0.254. The van der Waals surface area contributed by atoms with E-state index in [1.165, 1.54) is 4.90 Å². The number of primary amides is 1. The van der Waals surface area contributed by atoms with E-state index in [2.05, 4.69) is 4.28 Å². The Labute approximate surface area is 97.6 Å². The normalized spacial score (nSPS) is 38.2. The Hall–Kier alpha value is -0.780. The molecular formula is C7H13N3O6S. The predicted molar refractivity (Wildman–Crippen MR) is 53.2 cm³/mol. The van der Waals surface area contributed by atoms with Crippen molar-refractivity contribution in [2.24, 2.45) is 5.73 Å². The maximum atomic E-state index is 11.1. The molecular weight excluding hydrogens is 254 g/mol. The van der Waals surface area contributed by atoms with Gasteiger partial charge in [-0.15, -0.1) is 5.06 Å². The Bertz CT molecular complexity index is 425. The van der Waals surface area contributed by atoms with Gasteiger partial charge in [-0.2, -0.15) is 12.7 Å². The zero-order valence-electron chi connectivity index (χ0n) is 8.76. The number of carbonyl (C=O) groups is 1. The number of rotatable bonds is 3. The third-order valence-corrected chi connectivity index (χ3v) is 3.35. The molecule has 17 heavy (non-hydrogen) atoms. The van der Waals surface area contributed by atoms with Gasteiger partial charge in [-0.25, -0.2) is 0 Å². The summed E-state index contributed by atoms with van der Waals surface area (Å²) < 4.78 is 34.1. The number of hydrogen-bond donors (Lipinski definition) is 3. The Kier molecular flexibility index (Phi) is 3.10. The Morgan fingerprint density at radius 2 is 2.06 bits per heavy atom. The van der Waals surface area contributed by atoms with E-state index in [0.29, 0.717) is 12.8 Å². The van der Waals surface area contributed by atoms with Gasteiger partial charge in [-0.1, -0.05) is 0 Å². The third-order valence-electron chi connectivity index (χ3n) is 2.99. The Morgan fingerprint density at radius 3 is 2.59 bits per heavy atom. The highest BCUT2D eigenvalue weighted by molar-refractivity contribution is 7.80. The molecule has 0 spiro atoms. The molecule has 2 aliphatic rings. The van der Waals surface area contributed by atoms with Crippen molar-refractivity contribution < 1.29 is 27.2 Å².